The van der Waals surface area contributed by atoms with Gasteiger partial charge in [-0.15, -0.1) is 11.3 Å². The molecule has 0 radical (unpaired) electrons. The van der Waals surface area contributed by atoms with Gasteiger partial charge in [-0.05, 0) is 41.5 Å². The Balaban J connectivity index is 0.00000200. The largest absolute Gasteiger partial charge is 0.417 e. The highest BCUT2D eigenvalue weighted by Crippen LogP contribution is 2.36. The molecule has 2 aromatic heterocycles. The average Bonchev–Trinajstić information content (AvgIpc) is 2.86. The van der Waals surface area contributed by atoms with Crippen LogP contribution < -0.4 is 0 Å². The van der Waals surface area contributed by atoms with Crippen molar-refractivity contribution in [3.8, 4) is 10.6 Å². The Labute approximate surface area is 121 Å². The second-order valence-electron chi connectivity index (χ2n) is 4.44. The molecule has 0 aromatic carbocycles. The molecule has 1 unspecified atom stereocenters. The van der Waals surface area contributed by atoms with Gasteiger partial charge in [0, 0.05) is 6.20 Å². The number of alkyl halides is 3. The molecule has 0 saturated carbocycles. The lowest BCUT2D eigenvalue weighted by atomic mass is 9.98. The molecule has 0 spiro atoms. The molecule has 20 heavy (non-hydrogen) atoms. The molecule has 0 amide bonds. The Morgan fingerprint density at radius 2 is 1.95 bits per heavy atom. The van der Waals surface area contributed by atoms with E-state index in [9.17, 15) is 13.2 Å². The summed E-state index contributed by atoms with van der Waals surface area (Å²) in [7, 11) is 0. The number of hydrogen-bond donors (Lipinski definition) is 0. The van der Waals surface area contributed by atoms with E-state index in [2.05, 4.69) is 18.8 Å². The third-order valence-electron chi connectivity index (χ3n) is 3.16. The molecule has 0 aliphatic rings. The zero-order valence-electron chi connectivity index (χ0n) is 10.7. The van der Waals surface area contributed by atoms with Crippen LogP contribution in [0, 0.1) is 0 Å². The van der Waals surface area contributed by atoms with Crippen molar-refractivity contribution in [2.24, 2.45) is 0 Å². The van der Waals surface area contributed by atoms with E-state index in [0.717, 1.165) is 29.1 Å². The number of rotatable bonds is 3. The Hall–Kier alpha value is -1.36. The minimum absolute atomic E-state index is 0. The van der Waals surface area contributed by atoms with Crippen molar-refractivity contribution < 1.29 is 13.2 Å². The van der Waals surface area contributed by atoms with Crippen LogP contribution in [-0.4, -0.2) is 4.98 Å². The lowest BCUT2D eigenvalue weighted by Crippen LogP contribution is -2.05. The maximum absolute atomic E-state index is 12.5. The Morgan fingerprint density at radius 3 is 2.45 bits per heavy atom. The summed E-state index contributed by atoms with van der Waals surface area (Å²) in [4.78, 5) is 4.92. The predicted molar refractivity (Wildman–Crippen MR) is 78.0 cm³/mol. The van der Waals surface area contributed by atoms with E-state index in [1.54, 1.807) is 0 Å². The number of nitrogens with zero attached hydrogens (tertiary/aromatic N) is 1. The first kappa shape index (κ1) is 16.7. The minimum Gasteiger partial charge on any atom is -0.255 e. The highest BCUT2D eigenvalue weighted by Gasteiger charge is 2.30. The summed E-state index contributed by atoms with van der Waals surface area (Å²) in [5, 5.41) is 1.95. The number of aromatic nitrogens is 1. The van der Waals surface area contributed by atoms with Gasteiger partial charge in [-0.2, -0.15) is 13.2 Å². The van der Waals surface area contributed by atoms with Crippen molar-refractivity contribution in [2.45, 2.75) is 39.8 Å². The van der Waals surface area contributed by atoms with Crippen molar-refractivity contribution in [1.82, 2.24) is 4.98 Å². The van der Waals surface area contributed by atoms with E-state index < -0.39 is 11.7 Å². The number of halogens is 3. The number of thiophene rings is 1. The lowest BCUT2D eigenvalue weighted by molar-refractivity contribution is -0.137. The molecule has 110 valence electrons. The summed E-state index contributed by atoms with van der Waals surface area (Å²) >= 11 is 1.52. The van der Waals surface area contributed by atoms with E-state index in [-0.39, 0.29) is 7.43 Å². The first-order valence-corrected chi connectivity index (χ1v) is 6.92. The first-order valence-electron chi connectivity index (χ1n) is 6.04. The number of pyridine rings is 1. The molecule has 0 bridgehead atoms. The van der Waals surface area contributed by atoms with E-state index in [1.807, 2.05) is 11.4 Å². The fraction of sp³-hybridized carbons (Fsp3) is 0.400. The third-order valence-corrected chi connectivity index (χ3v) is 4.12. The quantitative estimate of drug-likeness (QED) is 0.679. The maximum atomic E-state index is 12.5. The molecule has 2 rings (SSSR count). The van der Waals surface area contributed by atoms with Crippen molar-refractivity contribution >= 4 is 11.3 Å². The molecule has 0 fully saturated rings. The molecule has 2 heterocycles. The van der Waals surface area contributed by atoms with Crippen LogP contribution in [-0.2, 0) is 6.18 Å². The van der Waals surface area contributed by atoms with E-state index in [4.69, 9.17) is 0 Å². The second-order valence-corrected chi connectivity index (χ2v) is 5.36. The van der Waals surface area contributed by atoms with Crippen LogP contribution in [0.4, 0.5) is 13.2 Å². The summed E-state index contributed by atoms with van der Waals surface area (Å²) in [6.07, 6.45) is -2.44. The molecular weight excluding hydrogens is 283 g/mol. The normalized spacial score (nSPS) is 12.8. The van der Waals surface area contributed by atoms with Crippen LogP contribution in [0.25, 0.3) is 10.6 Å². The van der Waals surface area contributed by atoms with Gasteiger partial charge in [-0.3, -0.25) is 4.98 Å². The van der Waals surface area contributed by atoms with Gasteiger partial charge in [0.1, 0.15) is 0 Å². The van der Waals surface area contributed by atoms with Gasteiger partial charge in [-0.1, -0.05) is 21.3 Å². The molecule has 0 N–H and O–H groups in total. The predicted octanol–water partition coefficient (Wildman–Crippen LogP) is 5.98. The van der Waals surface area contributed by atoms with Gasteiger partial charge >= 0.3 is 6.18 Å². The van der Waals surface area contributed by atoms with Crippen LogP contribution in [0.5, 0.6) is 0 Å². The standard InChI is InChI=1S/C14H14F3NS.CH4/c1-3-9(2)11-6-7-19-13(11)12-5-4-10(8-18-12)14(15,16)17;/h4-9H,3H2,1-2H3;1H4. The molecule has 5 heteroatoms. The van der Waals surface area contributed by atoms with Crippen molar-refractivity contribution in [1.29, 1.82) is 0 Å². The molecule has 0 saturated heterocycles. The molecule has 0 aliphatic carbocycles. The smallest absolute Gasteiger partial charge is 0.255 e. The van der Waals surface area contributed by atoms with E-state index in [0.29, 0.717) is 11.6 Å². The Morgan fingerprint density at radius 1 is 1.25 bits per heavy atom. The minimum atomic E-state index is -4.33. The summed E-state index contributed by atoms with van der Waals surface area (Å²) in [6.45, 7) is 4.20. The number of hydrogen-bond acceptors (Lipinski definition) is 2. The van der Waals surface area contributed by atoms with Crippen molar-refractivity contribution in [3.05, 3.63) is 40.9 Å². The lowest BCUT2D eigenvalue weighted by Gasteiger charge is -2.10. The highest BCUT2D eigenvalue weighted by molar-refractivity contribution is 7.13. The SMILES string of the molecule is C.CCC(C)c1ccsc1-c1ccc(C(F)(F)F)cn1. The van der Waals surface area contributed by atoms with Crippen molar-refractivity contribution in [2.75, 3.05) is 0 Å². The van der Waals surface area contributed by atoms with Gasteiger partial charge < -0.3 is 0 Å². The summed E-state index contributed by atoms with van der Waals surface area (Å²) in [5.41, 5.74) is 1.05. The van der Waals surface area contributed by atoms with Gasteiger partial charge in [-0.25, -0.2) is 0 Å². The highest BCUT2D eigenvalue weighted by atomic mass is 32.1. The van der Waals surface area contributed by atoms with Gasteiger partial charge in [0.05, 0.1) is 16.1 Å². The maximum Gasteiger partial charge on any atom is 0.417 e. The van der Waals surface area contributed by atoms with Crippen LogP contribution in [0.1, 0.15) is 44.7 Å². The monoisotopic (exact) mass is 301 g/mol. The molecule has 2 aromatic rings. The van der Waals surface area contributed by atoms with Gasteiger partial charge in [0.2, 0.25) is 0 Å². The second kappa shape index (κ2) is 6.39. The van der Waals surface area contributed by atoms with Crippen LogP contribution in [0.2, 0.25) is 0 Å². The zero-order valence-corrected chi connectivity index (χ0v) is 11.5. The summed E-state index contributed by atoms with van der Waals surface area (Å²) in [5.74, 6) is 0.380. The fourth-order valence-corrected chi connectivity index (χ4v) is 2.83. The van der Waals surface area contributed by atoms with E-state index >= 15 is 0 Å². The fourth-order valence-electron chi connectivity index (χ4n) is 1.83. The molecule has 0 aliphatic heterocycles. The van der Waals surface area contributed by atoms with Crippen LogP contribution in [0.15, 0.2) is 29.8 Å². The zero-order chi connectivity index (χ0) is 14.0. The molecule has 1 nitrogen and oxygen atoms in total. The van der Waals surface area contributed by atoms with Gasteiger partial charge in [0.25, 0.3) is 0 Å². The van der Waals surface area contributed by atoms with Crippen molar-refractivity contribution in [3.63, 3.8) is 0 Å². The van der Waals surface area contributed by atoms with E-state index in [1.165, 1.54) is 17.4 Å². The van der Waals surface area contributed by atoms with Crippen LogP contribution >= 0.6 is 11.3 Å². The first-order chi connectivity index (χ1) is 8.93. The molecule has 1 atom stereocenters. The summed E-state index contributed by atoms with van der Waals surface area (Å²) < 4.78 is 37.5. The van der Waals surface area contributed by atoms with Crippen LogP contribution in [0.3, 0.4) is 0 Å². The topological polar surface area (TPSA) is 12.9 Å². The Bertz CT molecular complexity index is 543. The molecular formula is C15H18F3NS. The summed E-state index contributed by atoms with van der Waals surface area (Å²) in [6, 6.07) is 4.55. The van der Waals surface area contributed by atoms with Gasteiger partial charge in [0.15, 0.2) is 0 Å². The average molecular weight is 301 g/mol. The third kappa shape index (κ3) is 3.39. The Kier molecular flexibility index (Phi) is 5.34.